The van der Waals surface area contributed by atoms with Gasteiger partial charge >= 0.3 is 5.97 Å². The number of unbranched alkanes of at least 4 members (excludes halogenated alkanes) is 1. The van der Waals surface area contributed by atoms with Crippen molar-refractivity contribution >= 4 is 78.5 Å². The molecule has 22 nitrogen and oxygen atoms in total. The van der Waals surface area contributed by atoms with E-state index in [1.165, 1.54) is 16.7 Å². The van der Waals surface area contributed by atoms with Crippen LogP contribution in [0, 0.1) is 11.8 Å². The molecule has 0 aliphatic carbocycles. The van der Waals surface area contributed by atoms with Crippen LogP contribution in [0.2, 0.25) is 0 Å². The predicted molar refractivity (Wildman–Crippen MR) is 245 cm³/mol. The van der Waals surface area contributed by atoms with Crippen LogP contribution in [-0.2, 0) is 43.2 Å². The Balaban J connectivity index is 2.28. The highest BCUT2D eigenvalue weighted by molar-refractivity contribution is 7.80. The van der Waals surface area contributed by atoms with Gasteiger partial charge in [0.1, 0.15) is 48.3 Å². The summed E-state index contributed by atoms with van der Waals surface area (Å²) < 4.78 is 0. The molecular weight excluding hydrogens is 889 g/mol. The van der Waals surface area contributed by atoms with Gasteiger partial charge in [0.15, 0.2) is 0 Å². The highest BCUT2D eigenvalue weighted by atomic mass is 32.1. The molecule has 0 radical (unpaired) electrons. The number of rotatable bonds is 27. The third-order valence-corrected chi connectivity index (χ3v) is 12.8. The van der Waals surface area contributed by atoms with Gasteiger partial charge in [0, 0.05) is 24.6 Å². The van der Waals surface area contributed by atoms with Crippen molar-refractivity contribution in [2.45, 2.75) is 153 Å². The summed E-state index contributed by atoms with van der Waals surface area (Å²) in [5, 5.41) is 45.1. The van der Waals surface area contributed by atoms with Crippen molar-refractivity contribution in [2.75, 3.05) is 37.7 Å². The number of nitrogens with zero attached hydrogens (tertiary/aromatic N) is 2. The summed E-state index contributed by atoms with van der Waals surface area (Å²) in [6.07, 6.45) is 1.76. The quantitative estimate of drug-likeness (QED) is 0.0284. The summed E-state index contributed by atoms with van der Waals surface area (Å²) >= 11 is 7.97. The molecule has 0 aromatic carbocycles. The first-order valence-electron chi connectivity index (χ1n) is 22.3. The van der Waals surface area contributed by atoms with Gasteiger partial charge in [-0.05, 0) is 70.3 Å². The van der Waals surface area contributed by atoms with Crippen molar-refractivity contribution in [3.05, 3.63) is 0 Å². The smallest absolute Gasteiger partial charge is 0.327 e. The minimum atomic E-state index is -1.61. The van der Waals surface area contributed by atoms with Crippen LogP contribution in [0.25, 0.3) is 0 Å². The number of carboxylic acid groups (broad SMARTS) is 1. The molecule has 2 aliphatic rings. The number of aliphatic hydroxyl groups is 2. The van der Waals surface area contributed by atoms with E-state index in [-0.39, 0.29) is 50.4 Å². The fourth-order valence-electron chi connectivity index (χ4n) is 7.53. The molecule has 2 rings (SSSR count). The van der Waals surface area contributed by atoms with Gasteiger partial charge in [0.05, 0.1) is 18.8 Å². The number of nitrogens with one attached hydrogen (secondary N) is 6. The molecule has 8 amide bonds. The second kappa shape index (κ2) is 28.1. The Kier molecular flexibility index (Phi) is 24.6. The topological polar surface area (TPSA) is 345 Å². The highest BCUT2D eigenvalue weighted by Crippen LogP contribution is 2.27. The largest absolute Gasteiger partial charge is 0.480 e. The van der Waals surface area contributed by atoms with Crippen LogP contribution in [0.5, 0.6) is 0 Å². The molecule has 0 unspecified atom stereocenters. The zero-order chi connectivity index (χ0) is 49.1. The number of carboxylic acids is 1. The minimum absolute atomic E-state index is 0.0282. The third-order valence-electron chi connectivity index (χ3n) is 12.0. The van der Waals surface area contributed by atoms with Crippen LogP contribution in [-0.4, -0.2) is 177 Å². The fourth-order valence-corrected chi connectivity index (χ4v) is 7.95. The van der Waals surface area contributed by atoms with E-state index in [9.17, 15) is 58.5 Å². The Morgan fingerprint density at radius 1 is 0.662 bits per heavy atom. The first-order chi connectivity index (χ1) is 30.7. The molecule has 370 valence electrons. The number of carbonyl (C=O) groups is 9. The summed E-state index contributed by atoms with van der Waals surface area (Å²) in [5.74, 6) is -8.28. The van der Waals surface area contributed by atoms with Gasteiger partial charge in [-0.1, -0.05) is 40.5 Å². The molecule has 65 heavy (non-hydrogen) atoms. The zero-order valence-corrected chi connectivity index (χ0v) is 39.8. The second-order valence-electron chi connectivity index (χ2n) is 16.8. The van der Waals surface area contributed by atoms with E-state index in [2.05, 4.69) is 57.2 Å². The minimum Gasteiger partial charge on any atom is -0.480 e. The van der Waals surface area contributed by atoms with Crippen molar-refractivity contribution in [1.29, 1.82) is 0 Å². The lowest BCUT2D eigenvalue weighted by Gasteiger charge is -2.35. The molecule has 0 aromatic heterocycles. The van der Waals surface area contributed by atoms with Crippen LogP contribution < -0.4 is 43.4 Å². The van der Waals surface area contributed by atoms with Gasteiger partial charge in [0.2, 0.25) is 47.3 Å². The average molecular weight is 961 g/mol. The molecule has 0 aromatic rings. The van der Waals surface area contributed by atoms with Gasteiger partial charge in [-0.15, -0.1) is 0 Å². The lowest BCUT2D eigenvalue weighted by Crippen LogP contribution is -2.62. The predicted octanol–water partition coefficient (Wildman–Crippen LogP) is -3.26. The molecule has 13 N–H and O–H groups in total. The molecule has 2 heterocycles. The van der Waals surface area contributed by atoms with Gasteiger partial charge in [-0.2, -0.15) is 25.3 Å². The number of carbonyl (C=O) groups excluding carboxylic acids is 8. The standard InChI is InChI=1S/C41H72N10O12S2/c1-6-21(3)30(37(58)46-27(20-65)41(62)63)47-36(57)28-13-10-16-50(28)39(60)29-14-11-17-51(29)40(61)31(22(4)7-2)48-35(56)26(18-52)45-34(55)25(12-8-9-15-42)44-38(59)32(23(5)53)49-33(54)24(43)19-64/h21-32,52-53,64-65H,6-20,42-43H2,1-5H3,(H,44,59)(H,45,55)(H,46,58)(H,47,57)(H,48,56)(H,49,54)(H,62,63)/t21-,22-,23+,24-,25-,26-,27-,28-,29-,30-,31-,32-/m0/s1. The fraction of sp³-hybridized carbons (Fsp3) is 0.780. The third kappa shape index (κ3) is 16.3. The maximum Gasteiger partial charge on any atom is 0.327 e. The average Bonchev–Trinajstić information content (AvgIpc) is 3.99. The Labute approximate surface area is 391 Å². The number of nitrogens with two attached hydrogens (primary N) is 2. The zero-order valence-electron chi connectivity index (χ0n) is 38.0. The molecule has 0 bridgehead atoms. The van der Waals surface area contributed by atoms with Crippen molar-refractivity contribution in [3.63, 3.8) is 0 Å². The Morgan fingerprint density at radius 2 is 1.18 bits per heavy atom. The SMILES string of the molecule is CC[C@H](C)[C@H](NC(=O)[C@@H]1CCCN1C(=O)[C@@H]1CCCN1C(=O)[C@@H](NC(=O)[C@H](CO)NC(=O)[C@H](CCCCN)NC(=O)[C@@H](NC(=O)[C@@H](N)CS)[C@@H](C)O)[C@@H](C)CC)C(=O)N[C@@H](CS)C(=O)O. The van der Waals surface area contributed by atoms with E-state index in [0.717, 1.165) is 0 Å². The summed E-state index contributed by atoms with van der Waals surface area (Å²) in [4.78, 5) is 123. The maximum absolute atomic E-state index is 14.4. The van der Waals surface area contributed by atoms with Crippen LogP contribution in [0.3, 0.4) is 0 Å². The van der Waals surface area contributed by atoms with Crippen molar-refractivity contribution in [1.82, 2.24) is 41.7 Å². The van der Waals surface area contributed by atoms with E-state index in [1.54, 1.807) is 20.8 Å². The number of hydrogen-bond donors (Lipinski definition) is 13. The second-order valence-corrected chi connectivity index (χ2v) is 17.5. The van der Waals surface area contributed by atoms with Gasteiger partial charge in [-0.3, -0.25) is 38.4 Å². The number of thiol groups is 2. The molecule has 2 fully saturated rings. The number of amides is 8. The summed E-state index contributed by atoms with van der Waals surface area (Å²) in [7, 11) is 0. The summed E-state index contributed by atoms with van der Waals surface area (Å²) in [6, 6.07) is -11.1. The molecule has 2 saturated heterocycles. The van der Waals surface area contributed by atoms with Crippen molar-refractivity contribution < 1.29 is 58.5 Å². The van der Waals surface area contributed by atoms with Crippen LogP contribution >= 0.6 is 25.3 Å². The normalized spacial score (nSPS) is 20.7. The molecule has 0 spiro atoms. The highest BCUT2D eigenvalue weighted by Gasteiger charge is 2.45. The lowest BCUT2D eigenvalue weighted by atomic mass is 9.96. The summed E-state index contributed by atoms with van der Waals surface area (Å²) in [5.41, 5.74) is 11.3. The van der Waals surface area contributed by atoms with Gasteiger partial charge in [0.25, 0.3) is 0 Å². The van der Waals surface area contributed by atoms with Crippen LogP contribution in [0.4, 0.5) is 0 Å². The Bertz CT molecular complexity index is 1660. The van der Waals surface area contributed by atoms with E-state index in [0.29, 0.717) is 38.5 Å². The molecule has 2 aliphatic heterocycles. The molecular formula is C41H72N10O12S2. The molecule has 0 saturated carbocycles. The monoisotopic (exact) mass is 960 g/mol. The van der Waals surface area contributed by atoms with E-state index in [4.69, 9.17) is 11.5 Å². The number of hydrogen-bond acceptors (Lipinski definition) is 15. The van der Waals surface area contributed by atoms with Crippen LogP contribution in [0.1, 0.15) is 92.4 Å². The van der Waals surface area contributed by atoms with E-state index in [1.807, 2.05) is 6.92 Å². The lowest BCUT2D eigenvalue weighted by molar-refractivity contribution is -0.149. The Morgan fingerprint density at radius 3 is 1.72 bits per heavy atom. The molecule has 12 atom stereocenters. The van der Waals surface area contributed by atoms with Gasteiger partial charge in [-0.25, -0.2) is 4.79 Å². The summed E-state index contributed by atoms with van der Waals surface area (Å²) in [6.45, 7) is 8.02. The van der Waals surface area contributed by atoms with E-state index >= 15 is 0 Å². The van der Waals surface area contributed by atoms with Crippen molar-refractivity contribution in [3.8, 4) is 0 Å². The number of likely N-dealkylation sites (tertiary alicyclic amines) is 2. The first kappa shape index (κ1) is 56.9. The van der Waals surface area contributed by atoms with E-state index < -0.39 is 132 Å². The Hall–Kier alpha value is -4.23. The number of aliphatic hydroxyl groups excluding tert-OH is 2. The van der Waals surface area contributed by atoms with Gasteiger partial charge < -0.3 is 68.5 Å². The molecule has 24 heteroatoms. The van der Waals surface area contributed by atoms with Crippen LogP contribution in [0.15, 0.2) is 0 Å². The first-order valence-corrected chi connectivity index (χ1v) is 23.6. The number of aliphatic carboxylic acids is 1. The van der Waals surface area contributed by atoms with Crippen molar-refractivity contribution in [2.24, 2.45) is 23.3 Å². The maximum atomic E-state index is 14.4.